The van der Waals surface area contributed by atoms with Gasteiger partial charge in [0.05, 0.1) is 18.2 Å². The standard InChI is InChI=1S/C28H36N2O4/c1-6-17-34-23-14-13-22(18-20(23)5)26(31)24-25(21-11-9-19(4)10-12-21)30(28(33)27(24)32)16-15-29(7-2)8-3/h9-14,18,25,31H,6-8,15-17H2,1-5H3/b26-24+. The Kier molecular flexibility index (Phi) is 8.51. The molecule has 1 N–H and O–H groups in total. The van der Waals surface area contributed by atoms with E-state index in [0.717, 1.165) is 42.0 Å². The van der Waals surface area contributed by atoms with Gasteiger partial charge in [-0.3, -0.25) is 9.59 Å². The van der Waals surface area contributed by atoms with E-state index in [4.69, 9.17) is 4.74 Å². The molecule has 182 valence electrons. The fraction of sp³-hybridized carbons (Fsp3) is 0.429. The summed E-state index contributed by atoms with van der Waals surface area (Å²) in [7, 11) is 0. The van der Waals surface area contributed by atoms with Gasteiger partial charge in [-0.15, -0.1) is 0 Å². The number of hydrogen-bond acceptors (Lipinski definition) is 5. The van der Waals surface area contributed by atoms with E-state index in [0.29, 0.717) is 25.3 Å². The number of likely N-dealkylation sites (N-methyl/N-ethyl adjacent to an activating group) is 1. The molecule has 2 aromatic carbocycles. The number of hydrogen-bond donors (Lipinski definition) is 1. The number of benzene rings is 2. The zero-order valence-corrected chi connectivity index (χ0v) is 20.9. The van der Waals surface area contributed by atoms with Crippen LogP contribution in [-0.2, 0) is 9.59 Å². The number of likely N-dealkylation sites (tertiary alicyclic amines) is 1. The normalized spacial score (nSPS) is 17.6. The second-order valence-electron chi connectivity index (χ2n) is 8.76. The second-order valence-corrected chi connectivity index (χ2v) is 8.76. The van der Waals surface area contributed by atoms with Gasteiger partial charge in [0, 0.05) is 18.7 Å². The first-order chi connectivity index (χ1) is 16.3. The maximum absolute atomic E-state index is 13.2. The number of aryl methyl sites for hydroxylation is 2. The highest BCUT2D eigenvalue weighted by molar-refractivity contribution is 6.46. The van der Waals surface area contributed by atoms with E-state index in [2.05, 4.69) is 18.7 Å². The quantitative estimate of drug-likeness (QED) is 0.309. The number of Topliss-reactive ketones (excluding diaryl/α,β-unsaturated/α-hetero) is 1. The molecule has 0 spiro atoms. The summed E-state index contributed by atoms with van der Waals surface area (Å²) in [6.45, 7) is 13.5. The number of aliphatic hydroxyl groups excluding tert-OH is 1. The van der Waals surface area contributed by atoms with Gasteiger partial charge >= 0.3 is 0 Å². The fourth-order valence-corrected chi connectivity index (χ4v) is 4.32. The van der Waals surface area contributed by atoms with Crippen LogP contribution in [0.15, 0.2) is 48.0 Å². The van der Waals surface area contributed by atoms with E-state index >= 15 is 0 Å². The lowest BCUT2D eigenvalue weighted by molar-refractivity contribution is -0.140. The Balaban J connectivity index is 2.06. The van der Waals surface area contributed by atoms with Crippen LogP contribution in [0.4, 0.5) is 0 Å². The first-order valence-electron chi connectivity index (χ1n) is 12.1. The molecule has 1 atom stereocenters. The average Bonchev–Trinajstić information content (AvgIpc) is 3.09. The number of ether oxygens (including phenoxy) is 1. The van der Waals surface area contributed by atoms with Crippen LogP contribution >= 0.6 is 0 Å². The van der Waals surface area contributed by atoms with Gasteiger partial charge in [-0.25, -0.2) is 0 Å². The van der Waals surface area contributed by atoms with Gasteiger partial charge in [0.15, 0.2) is 0 Å². The summed E-state index contributed by atoms with van der Waals surface area (Å²) in [5.41, 5.74) is 3.39. The van der Waals surface area contributed by atoms with Crippen LogP contribution in [0, 0.1) is 13.8 Å². The average molecular weight is 465 g/mol. The van der Waals surface area contributed by atoms with Crippen LogP contribution < -0.4 is 4.74 Å². The zero-order chi connectivity index (χ0) is 24.8. The number of ketones is 1. The van der Waals surface area contributed by atoms with Gasteiger partial charge in [0.25, 0.3) is 11.7 Å². The lowest BCUT2D eigenvalue weighted by atomic mass is 9.94. The van der Waals surface area contributed by atoms with Crippen molar-refractivity contribution in [2.75, 3.05) is 32.8 Å². The van der Waals surface area contributed by atoms with Crippen molar-refractivity contribution >= 4 is 17.4 Å². The van der Waals surface area contributed by atoms with Crippen LogP contribution in [0.5, 0.6) is 5.75 Å². The van der Waals surface area contributed by atoms with Gasteiger partial charge in [-0.2, -0.15) is 0 Å². The molecule has 0 saturated carbocycles. The van der Waals surface area contributed by atoms with Crippen LogP contribution in [0.2, 0.25) is 0 Å². The summed E-state index contributed by atoms with van der Waals surface area (Å²) in [5, 5.41) is 11.3. The highest BCUT2D eigenvalue weighted by Gasteiger charge is 2.45. The van der Waals surface area contributed by atoms with Crippen molar-refractivity contribution in [3.05, 3.63) is 70.3 Å². The number of nitrogens with zero attached hydrogens (tertiary/aromatic N) is 2. The highest BCUT2D eigenvalue weighted by atomic mass is 16.5. The SMILES string of the molecule is CCCOc1ccc(/C(O)=C2\C(=O)C(=O)N(CCN(CC)CC)C2c2ccc(C)cc2)cc1C. The minimum Gasteiger partial charge on any atom is -0.507 e. The molecule has 2 aromatic rings. The third-order valence-corrected chi connectivity index (χ3v) is 6.39. The molecule has 6 heteroatoms. The Hall–Kier alpha value is -3.12. The highest BCUT2D eigenvalue weighted by Crippen LogP contribution is 2.39. The van der Waals surface area contributed by atoms with E-state index in [1.165, 1.54) is 0 Å². The molecule has 0 aromatic heterocycles. The molecule has 1 aliphatic heterocycles. The van der Waals surface area contributed by atoms with E-state index < -0.39 is 17.7 Å². The molecule has 1 amide bonds. The molecule has 0 bridgehead atoms. The number of aliphatic hydroxyl groups is 1. The summed E-state index contributed by atoms with van der Waals surface area (Å²) in [6, 6.07) is 12.5. The summed E-state index contributed by atoms with van der Waals surface area (Å²) < 4.78 is 5.75. The molecule has 0 radical (unpaired) electrons. The maximum atomic E-state index is 13.2. The third kappa shape index (κ3) is 5.33. The fourth-order valence-electron chi connectivity index (χ4n) is 4.32. The number of amides is 1. The second kappa shape index (κ2) is 11.3. The first kappa shape index (κ1) is 25.5. The van der Waals surface area contributed by atoms with Gasteiger partial charge in [-0.05, 0) is 62.7 Å². The Morgan fingerprint density at radius 3 is 2.29 bits per heavy atom. The summed E-state index contributed by atoms with van der Waals surface area (Å²) in [4.78, 5) is 30.1. The maximum Gasteiger partial charge on any atom is 0.295 e. The topological polar surface area (TPSA) is 70.1 Å². The minimum atomic E-state index is -0.647. The number of rotatable bonds is 10. The monoisotopic (exact) mass is 464 g/mol. The number of carbonyl (C=O) groups is 2. The van der Waals surface area contributed by atoms with E-state index in [-0.39, 0.29) is 11.3 Å². The Bertz CT molecular complexity index is 1050. The molecule has 3 rings (SSSR count). The third-order valence-electron chi connectivity index (χ3n) is 6.39. The summed E-state index contributed by atoms with van der Waals surface area (Å²) in [5.74, 6) is -0.627. The van der Waals surface area contributed by atoms with E-state index in [9.17, 15) is 14.7 Å². The van der Waals surface area contributed by atoms with Crippen LogP contribution in [-0.4, -0.2) is 59.4 Å². The molecule has 1 fully saturated rings. The van der Waals surface area contributed by atoms with Gasteiger partial charge in [0.2, 0.25) is 0 Å². The summed E-state index contributed by atoms with van der Waals surface area (Å²) >= 11 is 0. The van der Waals surface area contributed by atoms with Crippen molar-refractivity contribution in [2.24, 2.45) is 0 Å². The Morgan fingerprint density at radius 1 is 1.03 bits per heavy atom. The van der Waals surface area contributed by atoms with Crippen molar-refractivity contribution < 1.29 is 19.4 Å². The summed E-state index contributed by atoms with van der Waals surface area (Å²) in [6.07, 6.45) is 0.897. The van der Waals surface area contributed by atoms with Gasteiger partial charge < -0.3 is 19.6 Å². The Morgan fingerprint density at radius 2 is 1.71 bits per heavy atom. The minimum absolute atomic E-state index is 0.134. The first-order valence-corrected chi connectivity index (χ1v) is 12.1. The molecule has 6 nitrogen and oxygen atoms in total. The molecule has 1 heterocycles. The van der Waals surface area contributed by atoms with Crippen molar-refractivity contribution in [3.63, 3.8) is 0 Å². The molecule has 1 aliphatic rings. The molecular formula is C28H36N2O4. The van der Waals surface area contributed by atoms with Gasteiger partial charge in [-0.1, -0.05) is 50.6 Å². The van der Waals surface area contributed by atoms with Crippen molar-refractivity contribution in [3.8, 4) is 5.75 Å². The largest absolute Gasteiger partial charge is 0.507 e. The lowest BCUT2D eigenvalue weighted by Crippen LogP contribution is -2.38. The molecule has 34 heavy (non-hydrogen) atoms. The van der Waals surface area contributed by atoms with E-state index in [1.807, 2.05) is 45.0 Å². The van der Waals surface area contributed by atoms with Crippen LogP contribution in [0.1, 0.15) is 55.5 Å². The molecule has 0 aliphatic carbocycles. The predicted molar refractivity (Wildman–Crippen MR) is 135 cm³/mol. The van der Waals surface area contributed by atoms with Crippen molar-refractivity contribution in [2.45, 2.75) is 47.1 Å². The lowest BCUT2D eigenvalue weighted by Gasteiger charge is -2.28. The molecular weight excluding hydrogens is 428 g/mol. The Labute approximate surface area is 202 Å². The molecule has 1 unspecified atom stereocenters. The van der Waals surface area contributed by atoms with Crippen molar-refractivity contribution in [1.82, 2.24) is 9.80 Å². The van der Waals surface area contributed by atoms with Crippen molar-refractivity contribution in [1.29, 1.82) is 0 Å². The van der Waals surface area contributed by atoms with Gasteiger partial charge in [0.1, 0.15) is 11.5 Å². The van der Waals surface area contributed by atoms with Crippen LogP contribution in [0.3, 0.4) is 0 Å². The predicted octanol–water partition coefficient (Wildman–Crippen LogP) is 4.86. The smallest absolute Gasteiger partial charge is 0.295 e. The zero-order valence-electron chi connectivity index (χ0n) is 20.9. The number of carbonyl (C=O) groups excluding carboxylic acids is 2. The molecule has 1 saturated heterocycles. The van der Waals surface area contributed by atoms with E-state index in [1.54, 1.807) is 23.1 Å². The van der Waals surface area contributed by atoms with Crippen LogP contribution in [0.25, 0.3) is 5.76 Å².